The zero-order valence-electron chi connectivity index (χ0n) is 12.4. The predicted octanol–water partition coefficient (Wildman–Crippen LogP) is 4.30. The van der Waals surface area contributed by atoms with E-state index in [2.05, 4.69) is 37.2 Å². The Kier molecular flexibility index (Phi) is 5.81. The molecular formula is C16H17Br2NO3. The molecule has 0 amide bonds. The van der Waals surface area contributed by atoms with Crippen molar-refractivity contribution in [2.45, 2.75) is 20.3 Å². The van der Waals surface area contributed by atoms with Gasteiger partial charge in [0.2, 0.25) is 0 Å². The van der Waals surface area contributed by atoms with Crippen molar-refractivity contribution in [2.24, 2.45) is 11.8 Å². The monoisotopic (exact) mass is 429 g/mol. The normalized spacial score (nSPS) is 21.3. The molecule has 1 aromatic carbocycles. The van der Waals surface area contributed by atoms with Gasteiger partial charge in [-0.1, -0.05) is 22.9 Å². The molecule has 0 fully saturated rings. The average Bonchev–Trinajstić information content (AvgIpc) is 2.41. The zero-order valence-corrected chi connectivity index (χ0v) is 15.5. The van der Waals surface area contributed by atoms with Gasteiger partial charge in [0.25, 0.3) is 0 Å². The van der Waals surface area contributed by atoms with Crippen LogP contribution in [0.4, 0.5) is 5.69 Å². The number of carbonyl (C=O) groups is 2. The third-order valence-electron chi connectivity index (χ3n) is 3.50. The molecule has 0 bridgehead atoms. The summed E-state index contributed by atoms with van der Waals surface area (Å²) in [4.78, 5) is 24.1. The first-order chi connectivity index (χ1) is 10.4. The third kappa shape index (κ3) is 3.98. The van der Waals surface area contributed by atoms with Crippen LogP contribution in [0.3, 0.4) is 0 Å². The highest BCUT2D eigenvalue weighted by molar-refractivity contribution is 9.11. The van der Waals surface area contributed by atoms with E-state index in [9.17, 15) is 9.59 Å². The lowest BCUT2D eigenvalue weighted by Gasteiger charge is -2.26. The van der Waals surface area contributed by atoms with Crippen LogP contribution in [0, 0.1) is 11.8 Å². The van der Waals surface area contributed by atoms with Gasteiger partial charge in [-0.2, -0.15) is 0 Å². The molecule has 2 unspecified atom stereocenters. The van der Waals surface area contributed by atoms with E-state index in [4.69, 9.17) is 4.74 Å². The summed E-state index contributed by atoms with van der Waals surface area (Å²) in [6.07, 6.45) is 2.13. The minimum absolute atomic E-state index is 0.0896. The van der Waals surface area contributed by atoms with Gasteiger partial charge >= 0.3 is 5.97 Å². The number of anilines is 1. The summed E-state index contributed by atoms with van der Waals surface area (Å²) >= 11 is 6.88. The van der Waals surface area contributed by atoms with Crippen molar-refractivity contribution < 1.29 is 14.3 Å². The number of halogens is 2. The highest BCUT2D eigenvalue weighted by Gasteiger charge is 2.36. The molecule has 0 saturated heterocycles. The topological polar surface area (TPSA) is 55.4 Å². The van der Waals surface area contributed by atoms with Crippen molar-refractivity contribution in [2.75, 3.05) is 11.9 Å². The summed E-state index contributed by atoms with van der Waals surface area (Å²) in [5, 5.41) is 3.25. The van der Waals surface area contributed by atoms with E-state index >= 15 is 0 Å². The maximum Gasteiger partial charge on any atom is 0.317 e. The van der Waals surface area contributed by atoms with E-state index in [-0.39, 0.29) is 18.3 Å². The fourth-order valence-corrected chi connectivity index (χ4v) is 3.64. The van der Waals surface area contributed by atoms with Gasteiger partial charge in [0.1, 0.15) is 5.92 Å². The van der Waals surface area contributed by atoms with Gasteiger partial charge in [0.05, 0.1) is 12.3 Å². The number of hydrogen-bond donors (Lipinski definition) is 1. The Balaban J connectivity index is 2.16. The molecule has 0 aromatic heterocycles. The Morgan fingerprint density at radius 2 is 2.14 bits per heavy atom. The second kappa shape index (κ2) is 7.42. The van der Waals surface area contributed by atoms with Crippen LogP contribution in [0.25, 0.3) is 0 Å². The maximum atomic E-state index is 12.2. The Hall–Kier alpha value is -1.14. The first-order valence-electron chi connectivity index (χ1n) is 7.05. The number of nitrogens with one attached hydrogen (secondary N) is 1. The van der Waals surface area contributed by atoms with Crippen LogP contribution in [0.2, 0.25) is 0 Å². The van der Waals surface area contributed by atoms with E-state index < -0.39 is 11.9 Å². The average molecular weight is 431 g/mol. The van der Waals surface area contributed by atoms with E-state index in [0.29, 0.717) is 6.42 Å². The number of esters is 1. The highest BCUT2D eigenvalue weighted by atomic mass is 79.9. The molecule has 0 radical (unpaired) electrons. The molecule has 0 aliphatic heterocycles. The third-order valence-corrected chi connectivity index (χ3v) is 4.65. The van der Waals surface area contributed by atoms with E-state index in [0.717, 1.165) is 20.3 Å². The van der Waals surface area contributed by atoms with Gasteiger partial charge in [-0.3, -0.25) is 9.59 Å². The molecule has 118 valence electrons. The molecule has 1 aromatic rings. The van der Waals surface area contributed by atoms with Gasteiger partial charge in [0.15, 0.2) is 5.78 Å². The fourth-order valence-electron chi connectivity index (χ4n) is 2.50. The maximum absolute atomic E-state index is 12.2. The number of hydrogen-bond acceptors (Lipinski definition) is 4. The zero-order chi connectivity index (χ0) is 16.3. The molecule has 2 atom stereocenters. The molecule has 1 aliphatic carbocycles. The van der Waals surface area contributed by atoms with Gasteiger partial charge < -0.3 is 10.1 Å². The number of rotatable bonds is 4. The van der Waals surface area contributed by atoms with Gasteiger partial charge in [-0.25, -0.2) is 0 Å². The Bertz CT molecular complexity index is 628. The second-order valence-corrected chi connectivity index (χ2v) is 7.00. The van der Waals surface area contributed by atoms with Crippen molar-refractivity contribution in [3.05, 3.63) is 38.9 Å². The fraction of sp³-hybridized carbons (Fsp3) is 0.375. The molecule has 1 aliphatic rings. The summed E-state index contributed by atoms with van der Waals surface area (Å²) in [5.41, 5.74) is 1.69. The van der Waals surface area contributed by atoms with E-state index in [1.807, 2.05) is 25.1 Å². The first kappa shape index (κ1) is 17.2. The lowest BCUT2D eigenvalue weighted by atomic mass is 9.82. The minimum atomic E-state index is -0.696. The summed E-state index contributed by atoms with van der Waals surface area (Å²) in [6.45, 7) is 3.92. The Morgan fingerprint density at radius 3 is 2.73 bits per heavy atom. The quantitative estimate of drug-likeness (QED) is 0.571. The van der Waals surface area contributed by atoms with Crippen LogP contribution in [0.1, 0.15) is 20.3 Å². The van der Waals surface area contributed by atoms with Gasteiger partial charge in [0, 0.05) is 20.7 Å². The summed E-state index contributed by atoms with van der Waals surface area (Å²) in [5.74, 6) is -1.42. The van der Waals surface area contributed by atoms with Crippen LogP contribution >= 0.6 is 31.9 Å². The van der Waals surface area contributed by atoms with Crippen molar-refractivity contribution in [1.29, 1.82) is 0 Å². The molecular weight excluding hydrogens is 414 g/mol. The van der Waals surface area contributed by atoms with Crippen molar-refractivity contribution >= 4 is 49.3 Å². The second-order valence-electron chi connectivity index (χ2n) is 5.23. The smallest absolute Gasteiger partial charge is 0.317 e. The number of allylic oxidation sites excluding steroid dienone is 2. The molecule has 0 heterocycles. The molecule has 1 N–H and O–H groups in total. The lowest BCUT2D eigenvalue weighted by Crippen LogP contribution is -2.35. The molecule has 22 heavy (non-hydrogen) atoms. The van der Waals surface area contributed by atoms with E-state index in [1.54, 1.807) is 6.92 Å². The van der Waals surface area contributed by atoms with E-state index in [1.165, 1.54) is 6.08 Å². The number of carbonyl (C=O) groups excluding carboxylic acids is 2. The van der Waals surface area contributed by atoms with Crippen LogP contribution in [0.5, 0.6) is 0 Å². The SMILES string of the molecule is CCOC(=O)C1C(=O)C=C(Nc2ccc(Br)cc2Br)CC1C. The Morgan fingerprint density at radius 1 is 1.41 bits per heavy atom. The van der Waals surface area contributed by atoms with Crippen molar-refractivity contribution in [3.8, 4) is 0 Å². The summed E-state index contributed by atoms with van der Waals surface area (Å²) in [7, 11) is 0. The largest absolute Gasteiger partial charge is 0.465 e. The Labute approximate surface area is 146 Å². The van der Waals surface area contributed by atoms with Gasteiger partial charge in [-0.15, -0.1) is 0 Å². The summed E-state index contributed by atoms with van der Waals surface area (Å²) < 4.78 is 6.85. The van der Waals surface area contributed by atoms with Crippen LogP contribution in [0.15, 0.2) is 38.9 Å². The molecule has 6 heteroatoms. The van der Waals surface area contributed by atoms with Crippen LogP contribution in [-0.2, 0) is 14.3 Å². The highest BCUT2D eigenvalue weighted by Crippen LogP contribution is 2.32. The predicted molar refractivity (Wildman–Crippen MR) is 92.5 cm³/mol. The summed E-state index contributed by atoms with van der Waals surface area (Å²) in [6, 6.07) is 5.77. The lowest BCUT2D eigenvalue weighted by molar-refractivity contribution is -0.152. The first-order valence-corrected chi connectivity index (χ1v) is 8.64. The van der Waals surface area contributed by atoms with Crippen molar-refractivity contribution in [3.63, 3.8) is 0 Å². The van der Waals surface area contributed by atoms with Crippen LogP contribution < -0.4 is 5.32 Å². The molecule has 0 saturated carbocycles. The standard InChI is InChI=1S/C16H17Br2NO3/c1-3-22-16(21)15-9(2)6-11(8-14(15)20)19-13-5-4-10(17)7-12(13)18/h4-5,7-9,15,19H,3,6H2,1-2H3. The minimum Gasteiger partial charge on any atom is -0.465 e. The van der Waals surface area contributed by atoms with Crippen LogP contribution in [-0.4, -0.2) is 18.4 Å². The van der Waals surface area contributed by atoms with Crippen molar-refractivity contribution in [1.82, 2.24) is 0 Å². The van der Waals surface area contributed by atoms with Gasteiger partial charge in [-0.05, 0) is 53.4 Å². The molecule has 0 spiro atoms. The number of benzene rings is 1. The number of ether oxygens (including phenoxy) is 1. The molecule has 2 rings (SSSR count). The molecule has 4 nitrogen and oxygen atoms in total. The number of ketones is 1.